The zero-order valence-electron chi connectivity index (χ0n) is 14.9. The summed E-state index contributed by atoms with van der Waals surface area (Å²) in [5, 5.41) is 1.26. The minimum atomic E-state index is -3.13. The third kappa shape index (κ3) is 3.51. The standard InChI is InChI=1S/C19H25N3O2S/c1-13-10-19(22-8-6-16(7-9-22)21-25(2,23)24)20-18-12-15-5-3-4-14(15)11-17(13)18/h10-12,16,21H,3-9H2,1-2H3. The average molecular weight is 359 g/mol. The second-order valence-electron chi connectivity index (χ2n) is 7.44. The van der Waals surface area contributed by atoms with Crippen LogP contribution in [0.3, 0.4) is 0 Å². The Bertz CT molecular complexity index is 916. The fraction of sp³-hybridized carbons (Fsp3) is 0.526. The molecule has 25 heavy (non-hydrogen) atoms. The van der Waals surface area contributed by atoms with Crippen LogP contribution in [0.4, 0.5) is 5.82 Å². The Balaban J connectivity index is 1.57. The van der Waals surface area contributed by atoms with Gasteiger partial charge in [-0.05, 0) is 73.9 Å². The van der Waals surface area contributed by atoms with Gasteiger partial charge in [0.2, 0.25) is 10.0 Å². The zero-order valence-corrected chi connectivity index (χ0v) is 15.7. The van der Waals surface area contributed by atoms with E-state index in [0.717, 1.165) is 37.3 Å². The van der Waals surface area contributed by atoms with Crippen LogP contribution >= 0.6 is 0 Å². The number of fused-ring (bicyclic) bond motifs is 2. The lowest BCUT2D eigenvalue weighted by atomic mass is 10.0. The van der Waals surface area contributed by atoms with Crippen LogP contribution in [0.15, 0.2) is 18.2 Å². The van der Waals surface area contributed by atoms with E-state index in [2.05, 4.69) is 34.7 Å². The molecule has 2 aromatic rings. The first-order valence-corrected chi connectivity index (χ1v) is 10.9. The molecule has 0 saturated carbocycles. The molecule has 134 valence electrons. The molecule has 2 aliphatic rings. The second kappa shape index (κ2) is 6.25. The number of hydrogen-bond acceptors (Lipinski definition) is 4. The van der Waals surface area contributed by atoms with Gasteiger partial charge in [-0.2, -0.15) is 0 Å². The van der Waals surface area contributed by atoms with E-state index in [9.17, 15) is 8.42 Å². The third-order valence-electron chi connectivity index (χ3n) is 5.42. The number of nitrogens with zero attached hydrogens (tertiary/aromatic N) is 2. The third-order valence-corrected chi connectivity index (χ3v) is 6.18. The molecule has 0 spiro atoms. The van der Waals surface area contributed by atoms with Gasteiger partial charge in [-0.3, -0.25) is 0 Å². The molecule has 1 saturated heterocycles. The number of pyridine rings is 1. The van der Waals surface area contributed by atoms with Crippen molar-refractivity contribution in [2.75, 3.05) is 24.2 Å². The Hall–Kier alpha value is -1.66. The molecule has 0 amide bonds. The van der Waals surface area contributed by atoms with E-state index >= 15 is 0 Å². The molecule has 4 rings (SSSR count). The number of nitrogens with one attached hydrogen (secondary N) is 1. The monoisotopic (exact) mass is 359 g/mol. The van der Waals surface area contributed by atoms with E-state index in [1.54, 1.807) is 0 Å². The van der Waals surface area contributed by atoms with Crippen molar-refractivity contribution in [2.45, 2.75) is 45.1 Å². The molecule has 0 radical (unpaired) electrons. The normalized spacial score (nSPS) is 18.7. The summed E-state index contributed by atoms with van der Waals surface area (Å²) >= 11 is 0. The van der Waals surface area contributed by atoms with E-state index in [1.807, 2.05) is 0 Å². The second-order valence-corrected chi connectivity index (χ2v) is 9.22. The quantitative estimate of drug-likeness (QED) is 0.915. The Kier molecular flexibility index (Phi) is 4.20. The first-order chi connectivity index (χ1) is 11.9. The summed E-state index contributed by atoms with van der Waals surface area (Å²) in [4.78, 5) is 7.20. The van der Waals surface area contributed by atoms with Gasteiger partial charge in [0, 0.05) is 24.5 Å². The summed E-state index contributed by atoms with van der Waals surface area (Å²) < 4.78 is 25.5. The van der Waals surface area contributed by atoms with Gasteiger partial charge in [-0.1, -0.05) is 0 Å². The maximum absolute atomic E-state index is 11.4. The molecule has 6 heteroatoms. The van der Waals surface area contributed by atoms with E-state index in [-0.39, 0.29) is 6.04 Å². The van der Waals surface area contributed by atoms with Gasteiger partial charge in [0.05, 0.1) is 11.8 Å². The average Bonchev–Trinajstić information content (AvgIpc) is 2.99. The number of hydrogen-bond donors (Lipinski definition) is 1. The Labute approximate surface area is 149 Å². The number of benzene rings is 1. The fourth-order valence-electron chi connectivity index (χ4n) is 4.14. The number of sulfonamides is 1. The van der Waals surface area contributed by atoms with Crippen molar-refractivity contribution >= 4 is 26.7 Å². The van der Waals surface area contributed by atoms with Gasteiger partial charge in [-0.25, -0.2) is 18.1 Å². The van der Waals surface area contributed by atoms with Crippen molar-refractivity contribution in [3.8, 4) is 0 Å². The van der Waals surface area contributed by atoms with Crippen LogP contribution in [0.5, 0.6) is 0 Å². The van der Waals surface area contributed by atoms with E-state index in [1.165, 1.54) is 47.6 Å². The zero-order chi connectivity index (χ0) is 17.6. The van der Waals surface area contributed by atoms with Crippen LogP contribution in [-0.4, -0.2) is 38.8 Å². The summed E-state index contributed by atoms with van der Waals surface area (Å²) in [6, 6.07) is 6.81. The summed E-state index contributed by atoms with van der Waals surface area (Å²) in [7, 11) is -3.13. The summed E-state index contributed by atoms with van der Waals surface area (Å²) in [5.41, 5.74) is 5.29. The van der Waals surface area contributed by atoms with E-state index in [0.29, 0.717) is 0 Å². The van der Waals surface area contributed by atoms with Crippen LogP contribution in [0, 0.1) is 6.92 Å². The van der Waals surface area contributed by atoms with E-state index < -0.39 is 10.0 Å². The first kappa shape index (κ1) is 16.8. The van der Waals surface area contributed by atoms with Crippen molar-refractivity contribution in [1.82, 2.24) is 9.71 Å². The molecule has 1 aliphatic carbocycles. The van der Waals surface area contributed by atoms with Gasteiger partial charge in [0.1, 0.15) is 5.82 Å². The lowest BCUT2D eigenvalue weighted by Gasteiger charge is -2.33. The summed E-state index contributed by atoms with van der Waals surface area (Å²) in [6.07, 6.45) is 6.46. The number of piperidine rings is 1. The summed E-state index contributed by atoms with van der Waals surface area (Å²) in [6.45, 7) is 3.82. The van der Waals surface area contributed by atoms with Crippen molar-refractivity contribution < 1.29 is 8.42 Å². The van der Waals surface area contributed by atoms with Crippen molar-refractivity contribution in [3.05, 3.63) is 34.9 Å². The van der Waals surface area contributed by atoms with Gasteiger partial charge in [0.15, 0.2) is 0 Å². The number of rotatable bonds is 3. The molecule has 1 aliphatic heterocycles. The SMILES string of the molecule is Cc1cc(N2CCC(NS(C)(=O)=O)CC2)nc2cc3c(cc12)CCC3. The van der Waals surface area contributed by atoms with Gasteiger partial charge < -0.3 is 4.90 Å². The van der Waals surface area contributed by atoms with Crippen molar-refractivity contribution in [1.29, 1.82) is 0 Å². The first-order valence-electron chi connectivity index (χ1n) is 9.04. The highest BCUT2D eigenvalue weighted by Crippen LogP contribution is 2.30. The van der Waals surface area contributed by atoms with Crippen LogP contribution in [0.1, 0.15) is 36.0 Å². The molecular formula is C19H25N3O2S. The topological polar surface area (TPSA) is 62.3 Å². The van der Waals surface area contributed by atoms with Gasteiger partial charge in [-0.15, -0.1) is 0 Å². The maximum Gasteiger partial charge on any atom is 0.208 e. The Morgan fingerprint density at radius 2 is 1.80 bits per heavy atom. The predicted molar refractivity (Wildman–Crippen MR) is 102 cm³/mol. The molecule has 0 atom stereocenters. The number of anilines is 1. The molecule has 1 aromatic heterocycles. The highest BCUT2D eigenvalue weighted by atomic mass is 32.2. The van der Waals surface area contributed by atoms with E-state index in [4.69, 9.17) is 4.98 Å². The molecule has 2 heterocycles. The molecule has 1 fully saturated rings. The molecule has 0 unspecified atom stereocenters. The molecule has 5 nitrogen and oxygen atoms in total. The van der Waals surface area contributed by atoms with Crippen molar-refractivity contribution in [3.63, 3.8) is 0 Å². The number of aromatic nitrogens is 1. The number of aryl methyl sites for hydroxylation is 3. The smallest absolute Gasteiger partial charge is 0.208 e. The maximum atomic E-state index is 11.4. The fourth-order valence-corrected chi connectivity index (χ4v) is 4.98. The van der Waals surface area contributed by atoms with Gasteiger partial charge >= 0.3 is 0 Å². The molecule has 0 bridgehead atoms. The van der Waals surface area contributed by atoms with Gasteiger partial charge in [0.25, 0.3) is 0 Å². The minimum absolute atomic E-state index is 0.0380. The molecule has 1 N–H and O–H groups in total. The summed E-state index contributed by atoms with van der Waals surface area (Å²) in [5.74, 6) is 1.01. The minimum Gasteiger partial charge on any atom is -0.356 e. The van der Waals surface area contributed by atoms with Crippen LogP contribution in [0.25, 0.3) is 10.9 Å². The lowest BCUT2D eigenvalue weighted by Crippen LogP contribution is -2.44. The van der Waals surface area contributed by atoms with Crippen LogP contribution in [-0.2, 0) is 22.9 Å². The largest absolute Gasteiger partial charge is 0.356 e. The highest BCUT2D eigenvalue weighted by Gasteiger charge is 2.23. The van der Waals surface area contributed by atoms with Crippen LogP contribution in [0.2, 0.25) is 0 Å². The Morgan fingerprint density at radius 3 is 2.48 bits per heavy atom. The highest BCUT2D eigenvalue weighted by molar-refractivity contribution is 7.88. The molecular weight excluding hydrogens is 334 g/mol. The predicted octanol–water partition coefficient (Wildman–Crippen LogP) is 2.55. The van der Waals surface area contributed by atoms with Crippen LogP contribution < -0.4 is 9.62 Å². The Morgan fingerprint density at radius 1 is 1.12 bits per heavy atom. The molecule has 1 aromatic carbocycles. The van der Waals surface area contributed by atoms with Crippen molar-refractivity contribution in [2.24, 2.45) is 0 Å². The lowest BCUT2D eigenvalue weighted by molar-refractivity contribution is 0.460.